The average molecular weight is 254 g/mol. The van der Waals surface area contributed by atoms with E-state index in [1.54, 1.807) is 6.07 Å². The molecule has 100 valence electrons. The first-order valence-corrected chi connectivity index (χ1v) is 5.95. The molecule has 1 rings (SSSR count). The van der Waals surface area contributed by atoms with Gasteiger partial charge in [-0.25, -0.2) is 9.18 Å². The van der Waals surface area contributed by atoms with Crippen molar-refractivity contribution in [3.8, 4) is 0 Å². The summed E-state index contributed by atoms with van der Waals surface area (Å²) < 4.78 is 13.4. The topological polar surface area (TPSA) is 52.6 Å². The van der Waals surface area contributed by atoms with Crippen LogP contribution in [0.2, 0.25) is 0 Å². The minimum Gasteiger partial charge on any atom is -0.478 e. The van der Waals surface area contributed by atoms with Crippen LogP contribution in [0.15, 0.2) is 18.2 Å². The molecule has 2 N–H and O–H groups in total. The molecule has 0 heterocycles. The molecular formula is C13H19FN2O2. The van der Waals surface area contributed by atoms with E-state index < -0.39 is 11.8 Å². The van der Waals surface area contributed by atoms with Crippen molar-refractivity contribution in [2.24, 2.45) is 0 Å². The van der Waals surface area contributed by atoms with E-state index in [-0.39, 0.29) is 5.56 Å². The molecule has 0 saturated carbocycles. The first kappa shape index (κ1) is 14.6. The number of likely N-dealkylation sites (N-methyl/N-ethyl adjacent to an activating group) is 1. The molecule has 0 atom stereocenters. The van der Waals surface area contributed by atoms with Crippen molar-refractivity contribution in [3.05, 3.63) is 35.1 Å². The molecule has 0 radical (unpaired) electrons. The van der Waals surface area contributed by atoms with Crippen LogP contribution in [0.5, 0.6) is 0 Å². The Bertz CT molecular complexity index is 410. The standard InChI is InChI=1S/C13H19FN2O2/c1-3-16(2)7-6-15-9-10-4-5-11(13(17)18)12(14)8-10/h4-5,8,15H,3,6-7,9H2,1-2H3,(H,17,18). The van der Waals surface area contributed by atoms with Gasteiger partial charge in [-0.3, -0.25) is 0 Å². The lowest BCUT2D eigenvalue weighted by Gasteiger charge is -2.14. The highest BCUT2D eigenvalue weighted by Crippen LogP contribution is 2.10. The third-order valence-corrected chi connectivity index (χ3v) is 2.80. The SMILES string of the molecule is CCN(C)CCNCc1ccc(C(=O)O)c(F)c1. The minimum atomic E-state index is -1.24. The number of carbonyl (C=O) groups is 1. The smallest absolute Gasteiger partial charge is 0.338 e. The highest BCUT2D eigenvalue weighted by atomic mass is 19.1. The van der Waals surface area contributed by atoms with Crippen LogP contribution in [0.25, 0.3) is 0 Å². The first-order valence-electron chi connectivity index (χ1n) is 5.95. The zero-order chi connectivity index (χ0) is 13.5. The predicted molar refractivity (Wildman–Crippen MR) is 68.2 cm³/mol. The minimum absolute atomic E-state index is 0.288. The Morgan fingerprint density at radius 3 is 2.78 bits per heavy atom. The van der Waals surface area contributed by atoms with Gasteiger partial charge in [0.15, 0.2) is 0 Å². The second-order valence-corrected chi connectivity index (χ2v) is 4.19. The van der Waals surface area contributed by atoms with Gasteiger partial charge in [0.1, 0.15) is 5.82 Å². The molecule has 0 aliphatic heterocycles. The van der Waals surface area contributed by atoms with Gasteiger partial charge in [0.2, 0.25) is 0 Å². The number of halogens is 1. The van der Waals surface area contributed by atoms with Crippen molar-refractivity contribution < 1.29 is 14.3 Å². The molecule has 18 heavy (non-hydrogen) atoms. The fraction of sp³-hybridized carbons (Fsp3) is 0.462. The summed E-state index contributed by atoms with van der Waals surface area (Å²) in [5.41, 5.74) is 0.459. The summed E-state index contributed by atoms with van der Waals surface area (Å²) in [4.78, 5) is 12.8. The quantitative estimate of drug-likeness (QED) is 0.725. The molecule has 0 aliphatic rings. The number of aromatic carboxylic acids is 1. The fourth-order valence-corrected chi connectivity index (χ4v) is 1.50. The van der Waals surface area contributed by atoms with E-state index in [2.05, 4.69) is 17.1 Å². The van der Waals surface area contributed by atoms with Crippen LogP contribution in [0, 0.1) is 5.82 Å². The number of hydrogen-bond acceptors (Lipinski definition) is 3. The van der Waals surface area contributed by atoms with Gasteiger partial charge >= 0.3 is 5.97 Å². The van der Waals surface area contributed by atoms with Crippen molar-refractivity contribution in [1.29, 1.82) is 0 Å². The largest absolute Gasteiger partial charge is 0.478 e. The second-order valence-electron chi connectivity index (χ2n) is 4.19. The molecule has 1 aromatic carbocycles. The molecule has 5 heteroatoms. The Labute approximate surface area is 106 Å². The third-order valence-electron chi connectivity index (χ3n) is 2.80. The molecular weight excluding hydrogens is 235 g/mol. The lowest BCUT2D eigenvalue weighted by Crippen LogP contribution is -2.28. The molecule has 0 bridgehead atoms. The summed E-state index contributed by atoms with van der Waals surface area (Å²) in [6.45, 7) is 5.34. The van der Waals surface area contributed by atoms with E-state index in [4.69, 9.17) is 5.11 Å². The number of carboxylic acids is 1. The molecule has 0 saturated heterocycles. The number of rotatable bonds is 7. The van der Waals surface area contributed by atoms with Crippen LogP contribution < -0.4 is 5.32 Å². The van der Waals surface area contributed by atoms with Gasteiger partial charge in [-0.1, -0.05) is 13.0 Å². The number of carboxylic acid groups (broad SMARTS) is 1. The van der Waals surface area contributed by atoms with E-state index in [1.807, 2.05) is 7.05 Å². The van der Waals surface area contributed by atoms with Crippen LogP contribution >= 0.6 is 0 Å². The van der Waals surface area contributed by atoms with Gasteiger partial charge in [0, 0.05) is 19.6 Å². The molecule has 0 unspecified atom stereocenters. The van der Waals surface area contributed by atoms with Crippen molar-refractivity contribution in [2.75, 3.05) is 26.7 Å². The summed E-state index contributed by atoms with van der Waals surface area (Å²) in [6, 6.07) is 4.19. The van der Waals surface area contributed by atoms with E-state index in [0.29, 0.717) is 6.54 Å². The van der Waals surface area contributed by atoms with Crippen LogP contribution in [-0.2, 0) is 6.54 Å². The third kappa shape index (κ3) is 4.43. The zero-order valence-electron chi connectivity index (χ0n) is 10.7. The summed E-state index contributed by atoms with van der Waals surface area (Å²) >= 11 is 0. The maximum absolute atomic E-state index is 13.4. The Balaban J connectivity index is 2.44. The van der Waals surface area contributed by atoms with Gasteiger partial charge in [-0.05, 0) is 31.3 Å². The highest BCUT2D eigenvalue weighted by Gasteiger charge is 2.09. The molecule has 1 aromatic rings. The summed E-state index contributed by atoms with van der Waals surface area (Å²) in [5, 5.41) is 11.9. The average Bonchev–Trinajstić information content (AvgIpc) is 2.34. The maximum atomic E-state index is 13.4. The highest BCUT2D eigenvalue weighted by molar-refractivity contribution is 5.87. The zero-order valence-corrected chi connectivity index (χ0v) is 10.7. The van der Waals surface area contributed by atoms with Crippen LogP contribution in [0.1, 0.15) is 22.8 Å². The predicted octanol–water partition coefficient (Wildman–Crippen LogP) is 1.57. The Morgan fingerprint density at radius 2 is 2.22 bits per heavy atom. The first-order chi connectivity index (χ1) is 8.54. The number of nitrogens with zero attached hydrogens (tertiary/aromatic N) is 1. The second kappa shape index (κ2) is 7.08. The van der Waals surface area contributed by atoms with Crippen LogP contribution in [0.4, 0.5) is 4.39 Å². The molecule has 0 aliphatic carbocycles. The number of benzene rings is 1. The summed E-state index contributed by atoms with van der Waals surface area (Å²) in [7, 11) is 2.03. The lowest BCUT2D eigenvalue weighted by atomic mass is 10.1. The molecule has 0 spiro atoms. The Morgan fingerprint density at radius 1 is 1.50 bits per heavy atom. The van der Waals surface area contributed by atoms with Crippen molar-refractivity contribution in [3.63, 3.8) is 0 Å². The van der Waals surface area contributed by atoms with Crippen molar-refractivity contribution in [2.45, 2.75) is 13.5 Å². The monoisotopic (exact) mass is 254 g/mol. The molecule has 4 nitrogen and oxygen atoms in total. The fourth-order valence-electron chi connectivity index (χ4n) is 1.50. The number of nitrogens with one attached hydrogen (secondary N) is 1. The van der Waals surface area contributed by atoms with E-state index in [1.165, 1.54) is 12.1 Å². The maximum Gasteiger partial charge on any atom is 0.338 e. The van der Waals surface area contributed by atoms with Crippen molar-refractivity contribution >= 4 is 5.97 Å². The van der Waals surface area contributed by atoms with Crippen LogP contribution in [0.3, 0.4) is 0 Å². The van der Waals surface area contributed by atoms with Crippen LogP contribution in [-0.4, -0.2) is 42.7 Å². The van der Waals surface area contributed by atoms with E-state index in [9.17, 15) is 9.18 Å². The normalized spacial score (nSPS) is 10.9. The summed E-state index contributed by atoms with van der Waals surface area (Å²) in [6.07, 6.45) is 0. The number of hydrogen-bond donors (Lipinski definition) is 2. The van der Waals surface area contributed by atoms with Crippen molar-refractivity contribution in [1.82, 2.24) is 10.2 Å². The molecule has 0 fully saturated rings. The molecule has 0 aromatic heterocycles. The Hall–Kier alpha value is -1.46. The van der Waals surface area contributed by atoms with Gasteiger partial charge in [-0.15, -0.1) is 0 Å². The van der Waals surface area contributed by atoms with Gasteiger partial charge in [0.05, 0.1) is 5.56 Å². The lowest BCUT2D eigenvalue weighted by molar-refractivity contribution is 0.0692. The van der Waals surface area contributed by atoms with E-state index in [0.717, 1.165) is 25.2 Å². The van der Waals surface area contributed by atoms with Gasteiger partial charge in [0.25, 0.3) is 0 Å². The summed E-state index contributed by atoms with van der Waals surface area (Å²) in [5.74, 6) is -1.93. The molecule has 0 amide bonds. The Kier molecular flexibility index (Phi) is 5.74. The van der Waals surface area contributed by atoms with Gasteiger partial charge < -0.3 is 15.3 Å². The van der Waals surface area contributed by atoms with Gasteiger partial charge in [-0.2, -0.15) is 0 Å². The van der Waals surface area contributed by atoms with E-state index >= 15 is 0 Å².